The molecule has 4 rings (SSSR count). The molecule has 0 saturated carbocycles. The zero-order chi connectivity index (χ0) is 19.7. The summed E-state index contributed by atoms with van der Waals surface area (Å²) in [7, 11) is 0. The van der Waals surface area contributed by atoms with Gasteiger partial charge < -0.3 is 14.7 Å². The number of rotatable bonds is 4. The van der Waals surface area contributed by atoms with E-state index < -0.39 is 5.92 Å². The van der Waals surface area contributed by atoms with Crippen molar-refractivity contribution in [1.82, 2.24) is 10.1 Å². The highest BCUT2D eigenvalue weighted by Gasteiger charge is 2.35. The maximum Gasteiger partial charge on any atom is 0.229 e. The molecular weight excluding hydrogens is 424 g/mol. The highest BCUT2D eigenvalue weighted by atomic mass is 79.9. The van der Waals surface area contributed by atoms with Crippen molar-refractivity contribution >= 4 is 39.1 Å². The van der Waals surface area contributed by atoms with Crippen LogP contribution in [0.25, 0.3) is 11.4 Å². The number of nitrogens with zero attached hydrogens (tertiary/aromatic N) is 3. The zero-order valence-electron chi connectivity index (χ0n) is 15.1. The molecule has 1 aliphatic rings. The average molecular weight is 441 g/mol. The van der Waals surface area contributed by atoms with Gasteiger partial charge >= 0.3 is 0 Å². The molecule has 8 heteroatoms. The fourth-order valence-electron chi connectivity index (χ4n) is 3.21. The molecule has 0 radical (unpaired) electrons. The number of hydrogen-bond donors (Lipinski definition) is 1. The van der Waals surface area contributed by atoms with E-state index in [1.54, 1.807) is 17.9 Å². The number of carbonyl (C=O) groups excluding carboxylic acids is 2. The van der Waals surface area contributed by atoms with Crippen molar-refractivity contribution in [3.63, 3.8) is 0 Å². The van der Waals surface area contributed by atoms with Crippen molar-refractivity contribution in [2.24, 2.45) is 5.92 Å². The quantitative estimate of drug-likeness (QED) is 0.666. The first kappa shape index (κ1) is 18.4. The van der Waals surface area contributed by atoms with Gasteiger partial charge in [0.15, 0.2) is 0 Å². The van der Waals surface area contributed by atoms with Gasteiger partial charge in [0, 0.05) is 35.6 Å². The lowest BCUT2D eigenvalue weighted by Crippen LogP contribution is -2.28. The van der Waals surface area contributed by atoms with Crippen LogP contribution in [0.4, 0.5) is 11.4 Å². The largest absolute Gasteiger partial charge is 0.339 e. The predicted molar refractivity (Wildman–Crippen MR) is 108 cm³/mol. The van der Waals surface area contributed by atoms with E-state index in [4.69, 9.17) is 4.52 Å². The molecule has 1 atom stereocenters. The van der Waals surface area contributed by atoms with Gasteiger partial charge in [0.2, 0.25) is 23.5 Å². The second kappa shape index (κ2) is 7.55. The first-order chi connectivity index (χ1) is 13.5. The van der Waals surface area contributed by atoms with Crippen LogP contribution in [0.3, 0.4) is 0 Å². The molecule has 28 heavy (non-hydrogen) atoms. The second-order valence-corrected chi connectivity index (χ2v) is 7.47. The van der Waals surface area contributed by atoms with Gasteiger partial charge in [-0.2, -0.15) is 4.98 Å². The Morgan fingerprint density at radius 1 is 1.25 bits per heavy atom. The van der Waals surface area contributed by atoms with Crippen LogP contribution < -0.4 is 10.2 Å². The van der Waals surface area contributed by atoms with Gasteiger partial charge in [-0.1, -0.05) is 39.3 Å². The van der Waals surface area contributed by atoms with Crippen molar-refractivity contribution in [3.05, 3.63) is 58.9 Å². The first-order valence-electron chi connectivity index (χ1n) is 8.78. The fourth-order valence-corrected chi connectivity index (χ4v) is 3.59. The summed E-state index contributed by atoms with van der Waals surface area (Å²) in [5.74, 6) is 0.138. The van der Waals surface area contributed by atoms with Crippen LogP contribution in [0.5, 0.6) is 0 Å². The van der Waals surface area contributed by atoms with Gasteiger partial charge in [0.25, 0.3) is 0 Å². The summed E-state index contributed by atoms with van der Waals surface area (Å²) in [6.07, 6.45) is 0.168. The van der Waals surface area contributed by atoms with Crippen LogP contribution in [-0.2, 0) is 9.59 Å². The standard InChI is InChI=1S/C20H17BrN4O3/c1-12-22-19(24-28-12)16-7-2-3-8-17(16)23-20(27)13-9-18(26)25(11-13)15-6-4-5-14(21)10-15/h2-8,10,13H,9,11H2,1H3,(H,23,27). The van der Waals surface area contributed by atoms with Crippen LogP contribution in [0.15, 0.2) is 57.5 Å². The molecule has 7 nitrogen and oxygen atoms in total. The Bertz CT molecular complexity index is 1050. The molecule has 1 aliphatic heterocycles. The van der Waals surface area contributed by atoms with Crippen LogP contribution in [0.1, 0.15) is 12.3 Å². The summed E-state index contributed by atoms with van der Waals surface area (Å²) in [5, 5.41) is 6.83. The van der Waals surface area contributed by atoms with Crippen molar-refractivity contribution < 1.29 is 14.1 Å². The van der Waals surface area contributed by atoms with Gasteiger partial charge in [-0.3, -0.25) is 9.59 Å². The molecule has 142 valence electrons. The smallest absolute Gasteiger partial charge is 0.229 e. The van der Waals surface area contributed by atoms with E-state index in [0.29, 0.717) is 29.5 Å². The number of hydrogen-bond acceptors (Lipinski definition) is 5. The van der Waals surface area contributed by atoms with E-state index in [9.17, 15) is 9.59 Å². The Hall–Kier alpha value is -3.00. The van der Waals surface area contributed by atoms with Crippen LogP contribution in [0.2, 0.25) is 0 Å². The number of halogens is 1. The van der Waals surface area contributed by atoms with E-state index in [1.165, 1.54) is 0 Å². The highest BCUT2D eigenvalue weighted by Crippen LogP contribution is 2.30. The molecule has 0 bridgehead atoms. The number of aromatic nitrogens is 2. The number of aryl methyl sites for hydroxylation is 1. The summed E-state index contributed by atoms with van der Waals surface area (Å²) in [5.41, 5.74) is 2.03. The molecule has 2 aromatic carbocycles. The van der Waals surface area contributed by atoms with E-state index in [2.05, 4.69) is 31.4 Å². The van der Waals surface area contributed by atoms with Crippen molar-refractivity contribution in [2.45, 2.75) is 13.3 Å². The van der Waals surface area contributed by atoms with Gasteiger partial charge in [0.05, 0.1) is 11.6 Å². The monoisotopic (exact) mass is 440 g/mol. The van der Waals surface area contributed by atoms with Crippen molar-refractivity contribution in [3.8, 4) is 11.4 Å². The Kier molecular flexibility index (Phi) is 4.95. The van der Waals surface area contributed by atoms with Crippen LogP contribution in [0, 0.1) is 12.8 Å². The molecule has 3 aromatic rings. The van der Waals surface area contributed by atoms with Crippen molar-refractivity contribution in [2.75, 3.05) is 16.8 Å². The van der Waals surface area contributed by atoms with Gasteiger partial charge in [-0.05, 0) is 30.3 Å². The van der Waals surface area contributed by atoms with E-state index >= 15 is 0 Å². The summed E-state index contributed by atoms with van der Waals surface area (Å²) in [6, 6.07) is 14.7. The number of carbonyl (C=O) groups is 2. The van der Waals surface area contributed by atoms with Crippen LogP contribution in [-0.4, -0.2) is 28.5 Å². The number of anilines is 2. The minimum Gasteiger partial charge on any atom is -0.339 e. The molecule has 2 amide bonds. The molecule has 1 aromatic heterocycles. The molecule has 1 fully saturated rings. The number of para-hydroxylation sites is 1. The predicted octanol–water partition coefficient (Wildman–Crippen LogP) is 3.80. The third-order valence-corrected chi connectivity index (χ3v) is 5.06. The SMILES string of the molecule is Cc1nc(-c2ccccc2NC(=O)C2CC(=O)N(c3cccc(Br)c3)C2)no1. The maximum atomic E-state index is 12.8. The summed E-state index contributed by atoms with van der Waals surface area (Å²) >= 11 is 3.41. The minimum absolute atomic E-state index is 0.0691. The Morgan fingerprint density at radius 2 is 2.07 bits per heavy atom. The fraction of sp³-hybridized carbons (Fsp3) is 0.200. The number of nitrogens with one attached hydrogen (secondary N) is 1. The van der Waals surface area contributed by atoms with E-state index in [1.807, 2.05) is 42.5 Å². The summed E-state index contributed by atoms with van der Waals surface area (Å²) < 4.78 is 5.92. The third kappa shape index (κ3) is 3.68. The second-order valence-electron chi connectivity index (χ2n) is 6.56. The highest BCUT2D eigenvalue weighted by molar-refractivity contribution is 9.10. The molecule has 1 N–H and O–H groups in total. The average Bonchev–Trinajstić information content (AvgIpc) is 3.28. The minimum atomic E-state index is -0.438. The Balaban J connectivity index is 1.52. The van der Waals surface area contributed by atoms with E-state index in [-0.39, 0.29) is 18.2 Å². The van der Waals surface area contributed by atoms with E-state index in [0.717, 1.165) is 10.2 Å². The molecule has 1 unspecified atom stereocenters. The molecule has 2 heterocycles. The van der Waals surface area contributed by atoms with Gasteiger partial charge in [0.1, 0.15) is 0 Å². The summed E-state index contributed by atoms with van der Waals surface area (Å²) in [6.45, 7) is 2.04. The molecule has 0 spiro atoms. The zero-order valence-corrected chi connectivity index (χ0v) is 16.6. The first-order valence-corrected chi connectivity index (χ1v) is 9.57. The maximum absolute atomic E-state index is 12.8. The topological polar surface area (TPSA) is 88.3 Å². The molecule has 0 aliphatic carbocycles. The lowest BCUT2D eigenvalue weighted by molar-refractivity contribution is -0.122. The molecular formula is C20H17BrN4O3. The number of benzene rings is 2. The lowest BCUT2D eigenvalue weighted by Gasteiger charge is -2.17. The Morgan fingerprint density at radius 3 is 2.82 bits per heavy atom. The van der Waals surface area contributed by atoms with Crippen LogP contribution >= 0.6 is 15.9 Å². The van der Waals surface area contributed by atoms with Gasteiger partial charge in [-0.15, -0.1) is 0 Å². The van der Waals surface area contributed by atoms with Crippen molar-refractivity contribution in [1.29, 1.82) is 0 Å². The number of amides is 2. The van der Waals surface area contributed by atoms with Gasteiger partial charge in [-0.25, -0.2) is 0 Å². The molecule has 1 saturated heterocycles. The lowest BCUT2D eigenvalue weighted by atomic mass is 10.1. The normalized spacial score (nSPS) is 16.4. The summed E-state index contributed by atoms with van der Waals surface area (Å²) in [4.78, 5) is 31.1. The Labute approximate surface area is 169 Å². The third-order valence-electron chi connectivity index (χ3n) is 4.57.